The van der Waals surface area contributed by atoms with E-state index < -0.39 is 11.6 Å². The first-order valence-electron chi connectivity index (χ1n) is 8.60. The van der Waals surface area contributed by atoms with E-state index in [2.05, 4.69) is 15.1 Å². The van der Waals surface area contributed by atoms with Crippen molar-refractivity contribution in [3.8, 4) is 6.07 Å². The van der Waals surface area contributed by atoms with Gasteiger partial charge in [-0.25, -0.2) is 9.69 Å². The van der Waals surface area contributed by atoms with E-state index in [1.54, 1.807) is 0 Å². The number of nitriles is 1. The molecule has 0 bridgehead atoms. The Kier molecular flexibility index (Phi) is 4.83. The van der Waals surface area contributed by atoms with Gasteiger partial charge in [-0.3, -0.25) is 4.79 Å². The Bertz CT molecular complexity index is 501. The van der Waals surface area contributed by atoms with E-state index in [0.717, 1.165) is 31.1 Å². The molecular formula is C16H25N5O2. The van der Waals surface area contributed by atoms with Crippen LogP contribution in [0.3, 0.4) is 0 Å². The molecule has 0 aliphatic carbocycles. The normalized spacial score (nSPS) is 25.6. The maximum Gasteiger partial charge on any atom is 0.325 e. The first-order chi connectivity index (χ1) is 11.1. The molecule has 7 nitrogen and oxygen atoms in total. The molecule has 7 heteroatoms. The fourth-order valence-corrected chi connectivity index (χ4v) is 3.85. The molecule has 3 saturated heterocycles. The molecule has 3 heterocycles. The van der Waals surface area contributed by atoms with Gasteiger partial charge in [0.25, 0.3) is 5.91 Å². The summed E-state index contributed by atoms with van der Waals surface area (Å²) in [5.74, 6) is -0.222. The van der Waals surface area contributed by atoms with Crippen molar-refractivity contribution in [2.75, 3.05) is 45.8 Å². The van der Waals surface area contributed by atoms with Crippen LogP contribution in [0.2, 0.25) is 0 Å². The van der Waals surface area contributed by atoms with Crippen molar-refractivity contribution >= 4 is 11.9 Å². The molecule has 3 rings (SSSR count). The van der Waals surface area contributed by atoms with Crippen LogP contribution in [0.25, 0.3) is 0 Å². The van der Waals surface area contributed by atoms with Crippen molar-refractivity contribution in [2.45, 2.75) is 37.6 Å². The van der Waals surface area contributed by atoms with Crippen LogP contribution in [-0.2, 0) is 4.79 Å². The third kappa shape index (κ3) is 3.33. The molecule has 0 saturated carbocycles. The van der Waals surface area contributed by atoms with Crippen molar-refractivity contribution in [3.63, 3.8) is 0 Å². The van der Waals surface area contributed by atoms with Crippen molar-refractivity contribution in [3.05, 3.63) is 0 Å². The highest BCUT2D eigenvalue weighted by molar-refractivity contribution is 6.07. The monoisotopic (exact) mass is 319 g/mol. The Morgan fingerprint density at radius 2 is 1.61 bits per heavy atom. The number of amides is 3. The second kappa shape index (κ2) is 6.85. The summed E-state index contributed by atoms with van der Waals surface area (Å²) in [6.07, 6.45) is 5.24. The third-order valence-corrected chi connectivity index (χ3v) is 5.37. The van der Waals surface area contributed by atoms with Crippen molar-refractivity contribution in [1.82, 2.24) is 20.0 Å². The number of piperidine rings is 2. The lowest BCUT2D eigenvalue weighted by molar-refractivity contribution is -0.132. The van der Waals surface area contributed by atoms with E-state index in [1.165, 1.54) is 32.4 Å². The van der Waals surface area contributed by atoms with E-state index >= 15 is 0 Å². The molecule has 3 fully saturated rings. The molecule has 0 radical (unpaired) electrons. The zero-order valence-electron chi connectivity index (χ0n) is 13.6. The first-order valence-corrected chi connectivity index (χ1v) is 8.60. The minimum atomic E-state index is -0.768. The molecule has 0 atom stereocenters. The van der Waals surface area contributed by atoms with E-state index in [4.69, 9.17) is 5.26 Å². The highest BCUT2D eigenvalue weighted by atomic mass is 16.2. The zero-order chi connectivity index (χ0) is 16.3. The van der Waals surface area contributed by atoms with Crippen LogP contribution in [0.5, 0.6) is 0 Å². The average molecular weight is 319 g/mol. The van der Waals surface area contributed by atoms with Crippen LogP contribution < -0.4 is 5.32 Å². The number of carbonyl (C=O) groups is 2. The van der Waals surface area contributed by atoms with Gasteiger partial charge in [0.15, 0.2) is 0 Å². The number of rotatable bonds is 4. The predicted octanol–water partition coefficient (Wildman–Crippen LogP) is 0.382. The Morgan fingerprint density at radius 1 is 1.00 bits per heavy atom. The van der Waals surface area contributed by atoms with Gasteiger partial charge in [0.05, 0.1) is 6.07 Å². The van der Waals surface area contributed by atoms with Crippen LogP contribution in [0, 0.1) is 11.3 Å². The molecule has 3 amide bonds. The van der Waals surface area contributed by atoms with Gasteiger partial charge in [0, 0.05) is 26.2 Å². The SMILES string of the molecule is N#CCN1C(=O)NC2(CCN(CCN3CCCCC3)CC2)C1=O. The predicted molar refractivity (Wildman–Crippen MR) is 84.6 cm³/mol. The summed E-state index contributed by atoms with van der Waals surface area (Å²) in [5, 5.41) is 11.6. The second-order valence-corrected chi connectivity index (χ2v) is 6.81. The molecule has 1 spiro atoms. The molecule has 0 unspecified atom stereocenters. The van der Waals surface area contributed by atoms with Gasteiger partial charge in [0.2, 0.25) is 0 Å². The molecule has 0 aromatic heterocycles. The number of hydrogen-bond donors (Lipinski definition) is 1. The molecule has 23 heavy (non-hydrogen) atoms. The lowest BCUT2D eigenvalue weighted by atomic mass is 9.87. The molecule has 1 N–H and O–H groups in total. The molecular weight excluding hydrogens is 294 g/mol. The summed E-state index contributed by atoms with van der Waals surface area (Å²) in [5.41, 5.74) is -0.768. The average Bonchev–Trinajstić information content (AvgIpc) is 2.80. The Balaban J connectivity index is 1.49. The van der Waals surface area contributed by atoms with Gasteiger partial charge in [-0.15, -0.1) is 0 Å². The summed E-state index contributed by atoms with van der Waals surface area (Å²) >= 11 is 0. The number of likely N-dealkylation sites (tertiary alicyclic amines) is 2. The van der Waals surface area contributed by atoms with Gasteiger partial charge in [-0.1, -0.05) is 6.42 Å². The minimum Gasteiger partial charge on any atom is -0.323 e. The van der Waals surface area contributed by atoms with Gasteiger partial charge < -0.3 is 15.1 Å². The standard InChI is InChI=1S/C16H25N5O2/c17-6-11-21-14(22)16(18-15(21)23)4-9-20(10-5-16)13-12-19-7-2-1-3-8-19/h1-5,7-13H2,(H,18,23). The summed E-state index contributed by atoms with van der Waals surface area (Å²) in [6.45, 7) is 6.00. The van der Waals surface area contributed by atoms with Crippen LogP contribution in [0.15, 0.2) is 0 Å². The van der Waals surface area contributed by atoms with E-state index in [1.807, 2.05) is 6.07 Å². The summed E-state index contributed by atoms with van der Waals surface area (Å²) in [4.78, 5) is 30.3. The number of nitrogens with one attached hydrogen (secondary N) is 1. The van der Waals surface area contributed by atoms with Crippen molar-refractivity contribution in [1.29, 1.82) is 5.26 Å². The van der Waals surface area contributed by atoms with Crippen molar-refractivity contribution < 1.29 is 9.59 Å². The van der Waals surface area contributed by atoms with Crippen LogP contribution in [0.4, 0.5) is 4.79 Å². The highest BCUT2D eigenvalue weighted by Crippen LogP contribution is 2.29. The van der Waals surface area contributed by atoms with Crippen LogP contribution >= 0.6 is 0 Å². The number of hydrogen-bond acceptors (Lipinski definition) is 5. The van der Waals surface area contributed by atoms with Gasteiger partial charge in [-0.05, 0) is 38.8 Å². The quantitative estimate of drug-likeness (QED) is 0.599. The summed E-state index contributed by atoms with van der Waals surface area (Å²) < 4.78 is 0. The van der Waals surface area contributed by atoms with E-state index in [9.17, 15) is 9.59 Å². The van der Waals surface area contributed by atoms with Gasteiger partial charge in [0.1, 0.15) is 12.1 Å². The third-order valence-electron chi connectivity index (χ3n) is 5.37. The van der Waals surface area contributed by atoms with Gasteiger partial charge >= 0.3 is 6.03 Å². The number of urea groups is 1. The molecule has 3 aliphatic heterocycles. The molecule has 3 aliphatic rings. The topological polar surface area (TPSA) is 79.7 Å². The van der Waals surface area contributed by atoms with Crippen LogP contribution in [-0.4, -0.2) is 78.0 Å². The summed E-state index contributed by atoms with van der Waals surface area (Å²) in [7, 11) is 0. The van der Waals surface area contributed by atoms with E-state index in [-0.39, 0.29) is 12.5 Å². The van der Waals surface area contributed by atoms with E-state index in [0.29, 0.717) is 12.8 Å². The zero-order valence-corrected chi connectivity index (χ0v) is 13.6. The van der Waals surface area contributed by atoms with Crippen LogP contribution in [0.1, 0.15) is 32.1 Å². The lowest BCUT2D eigenvalue weighted by Gasteiger charge is -2.38. The number of carbonyl (C=O) groups excluding carboxylic acids is 2. The smallest absolute Gasteiger partial charge is 0.323 e. The molecule has 126 valence electrons. The first kappa shape index (κ1) is 16.2. The maximum atomic E-state index is 12.5. The highest BCUT2D eigenvalue weighted by Gasteiger charge is 2.52. The minimum absolute atomic E-state index is 0.162. The van der Waals surface area contributed by atoms with Gasteiger partial charge in [-0.2, -0.15) is 5.26 Å². The lowest BCUT2D eigenvalue weighted by Crippen LogP contribution is -2.55. The number of nitrogens with zero attached hydrogens (tertiary/aromatic N) is 4. The Morgan fingerprint density at radius 3 is 2.22 bits per heavy atom. The largest absolute Gasteiger partial charge is 0.325 e. The maximum absolute atomic E-state index is 12.5. The summed E-state index contributed by atoms with van der Waals surface area (Å²) in [6, 6.07) is 1.47. The fraction of sp³-hybridized carbons (Fsp3) is 0.812. The Hall–Kier alpha value is -1.65. The molecule has 0 aromatic carbocycles. The Labute approximate surface area is 137 Å². The molecule has 0 aromatic rings. The van der Waals surface area contributed by atoms with Crippen molar-refractivity contribution in [2.24, 2.45) is 0 Å². The fourth-order valence-electron chi connectivity index (χ4n) is 3.85. The second-order valence-electron chi connectivity index (χ2n) is 6.81. The number of imide groups is 1.